The first-order valence-electron chi connectivity index (χ1n) is 14.4. The number of methoxy groups -OCH3 is 1. The Morgan fingerprint density at radius 1 is 0.909 bits per heavy atom. The highest BCUT2D eigenvalue weighted by Gasteiger charge is 2.56. The number of nitrogens with zero attached hydrogens (tertiary/aromatic N) is 2. The van der Waals surface area contributed by atoms with Crippen molar-refractivity contribution in [2.24, 2.45) is 11.3 Å². The van der Waals surface area contributed by atoms with Gasteiger partial charge in [-0.3, -0.25) is 19.4 Å². The van der Waals surface area contributed by atoms with Gasteiger partial charge in [0.15, 0.2) is 0 Å². The van der Waals surface area contributed by atoms with Crippen LogP contribution in [0, 0.1) is 17.2 Å². The molecule has 0 unspecified atom stereocenters. The Bertz CT molecular complexity index is 1720. The number of carbonyl (C=O) groups is 3. The zero-order chi connectivity index (χ0) is 30.8. The minimum Gasteiger partial charge on any atom is -0.495 e. The molecule has 6 rings (SSSR count). The average molecular weight is 599 g/mol. The van der Waals surface area contributed by atoms with Crippen LogP contribution >= 0.6 is 0 Å². The average Bonchev–Trinajstić information content (AvgIpc) is 3.85. The summed E-state index contributed by atoms with van der Waals surface area (Å²) in [6.07, 6.45) is 3.63. The minimum absolute atomic E-state index is 0.335. The Hall–Kier alpha value is -5.19. The van der Waals surface area contributed by atoms with Gasteiger partial charge in [0.2, 0.25) is 11.8 Å². The highest BCUT2D eigenvalue weighted by Crippen LogP contribution is 2.47. The largest absolute Gasteiger partial charge is 0.495 e. The van der Waals surface area contributed by atoms with E-state index in [4.69, 9.17) is 9.47 Å². The number of aromatic nitrogens is 1. The summed E-state index contributed by atoms with van der Waals surface area (Å²) >= 11 is 0. The van der Waals surface area contributed by atoms with E-state index in [0.717, 1.165) is 11.1 Å². The van der Waals surface area contributed by atoms with E-state index in [9.17, 15) is 23.9 Å². The summed E-state index contributed by atoms with van der Waals surface area (Å²) < 4.78 is 25.1. The quantitative estimate of drug-likeness (QED) is 0.205. The number of amides is 2. The monoisotopic (exact) mass is 598 g/mol. The van der Waals surface area contributed by atoms with Crippen LogP contribution < -0.4 is 25.0 Å². The maximum atomic E-state index is 13.2. The molecule has 1 aliphatic heterocycles. The van der Waals surface area contributed by atoms with Gasteiger partial charge >= 0.3 is 5.97 Å². The topological polar surface area (TPSA) is 130 Å². The van der Waals surface area contributed by atoms with Crippen LogP contribution in [0.2, 0.25) is 0 Å². The maximum Gasteiger partial charge on any atom is 0.306 e. The molecule has 4 aromatic rings. The van der Waals surface area contributed by atoms with Gasteiger partial charge in [-0.25, -0.2) is 4.39 Å². The molecule has 10 nitrogen and oxygen atoms in total. The molecule has 1 saturated carbocycles. The number of nitrogens with one attached hydrogen (secondary N) is 2. The molecule has 44 heavy (non-hydrogen) atoms. The number of halogens is 1. The molecule has 1 aromatic heterocycles. The molecule has 3 aromatic carbocycles. The third-order valence-corrected chi connectivity index (χ3v) is 8.25. The van der Waals surface area contributed by atoms with Crippen molar-refractivity contribution in [3.8, 4) is 17.2 Å². The van der Waals surface area contributed by atoms with E-state index in [1.165, 1.54) is 24.3 Å². The van der Waals surface area contributed by atoms with Crippen molar-refractivity contribution in [3.63, 3.8) is 0 Å². The second-order valence-corrected chi connectivity index (χ2v) is 11.1. The molecule has 0 radical (unpaired) electrons. The summed E-state index contributed by atoms with van der Waals surface area (Å²) in [5, 5.41) is 15.6. The molecule has 11 heteroatoms. The molecule has 0 spiro atoms. The van der Waals surface area contributed by atoms with Gasteiger partial charge in [0.05, 0.1) is 24.2 Å². The molecular weight excluding hydrogens is 567 g/mol. The molecule has 2 fully saturated rings. The predicted molar refractivity (Wildman–Crippen MR) is 163 cm³/mol. The number of aliphatic carboxylic acids is 1. The first-order valence-corrected chi connectivity index (χ1v) is 14.4. The fourth-order valence-electron chi connectivity index (χ4n) is 5.45. The number of fused-ring (bicyclic) bond motifs is 1. The number of carbonyl (C=O) groups excluding carboxylic acids is 2. The third-order valence-electron chi connectivity index (χ3n) is 8.25. The van der Waals surface area contributed by atoms with Gasteiger partial charge in [-0.1, -0.05) is 0 Å². The molecule has 1 saturated heterocycles. The van der Waals surface area contributed by atoms with Crippen LogP contribution in [-0.4, -0.2) is 48.1 Å². The lowest BCUT2D eigenvalue weighted by Gasteiger charge is -2.33. The number of pyridine rings is 1. The fraction of sp³-hybridized carbons (Fsp3) is 0.273. The van der Waals surface area contributed by atoms with Gasteiger partial charge in [0.25, 0.3) is 0 Å². The molecule has 2 amide bonds. The van der Waals surface area contributed by atoms with Gasteiger partial charge in [0, 0.05) is 36.0 Å². The summed E-state index contributed by atoms with van der Waals surface area (Å²) in [4.78, 5) is 43.9. The van der Waals surface area contributed by atoms with Crippen LogP contribution in [0.5, 0.6) is 17.2 Å². The first kappa shape index (κ1) is 28.9. The molecule has 2 aliphatic rings. The molecule has 3 N–H and O–H groups in total. The number of carboxylic acid groups (broad SMARTS) is 1. The lowest BCUT2D eigenvalue weighted by Crippen LogP contribution is -2.36. The van der Waals surface area contributed by atoms with Crippen LogP contribution in [0.1, 0.15) is 25.7 Å². The Morgan fingerprint density at radius 3 is 2.09 bits per heavy atom. The van der Waals surface area contributed by atoms with Crippen molar-refractivity contribution in [2.45, 2.75) is 25.7 Å². The van der Waals surface area contributed by atoms with E-state index in [-0.39, 0.29) is 5.92 Å². The van der Waals surface area contributed by atoms with Crippen molar-refractivity contribution in [1.82, 2.24) is 4.98 Å². The van der Waals surface area contributed by atoms with Crippen molar-refractivity contribution in [1.29, 1.82) is 0 Å². The smallest absolute Gasteiger partial charge is 0.306 e. The number of anilines is 3. The van der Waals surface area contributed by atoms with Gasteiger partial charge in [-0.05, 0) is 92.4 Å². The summed E-state index contributed by atoms with van der Waals surface area (Å²) in [6, 6.07) is 17.8. The maximum absolute atomic E-state index is 13.2. The Labute approximate surface area is 252 Å². The number of hydrogen-bond acceptors (Lipinski definition) is 7. The first-order chi connectivity index (χ1) is 21.3. The minimum atomic E-state index is -1.16. The Kier molecular flexibility index (Phi) is 7.77. The Balaban J connectivity index is 1.13. The molecular formula is C33H31FN4O6. The highest BCUT2D eigenvalue weighted by molar-refractivity contribution is 6.16. The summed E-state index contributed by atoms with van der Waals surface area (Å²) in [5.41, 5.74) is 1.34. The van der Waals surface area contributed by atoms with E-state index in [0.29, 0.717) is 72.9 Å². The molecule has 2 heterocycles. The lowest BCUT2D eigenvalue weighted by molar-refractivity contribution is -0.142. The number of piperidine rings is 1. The van der Waals surface area contributed by atoms with E-state index >= 15 is 0 Å². The number of ether oxygens (including phenoxy) is 2. The van der Waals surface area contributed by atoms with Crippen LogP contribution in [0.15, 0.2) is 72.9 Å². The Morgan fingerprint density at radius 2 is 1.52 bits per heavy atom. The molecule has 0 bridgehead atoms. The lowest BCUT2D eigenvalue weighted by atomic mass is 9.96. The van der Waals surface area contributed by atoms with Crippen molar-refractivity contribution >= 4 is 45.7 Å². The summed E-state index contributed by atoms with van der Waals surface area (Å²) in [6.45, 7) is 1.22. The number of benzene rings is 3. The summed E-state index contributed by atoms with van der Waals surface area (Å²) in [5.74, 6) is -0.591. The molecule has 0 atom stereocenters. The van der Waals surface area contributed by atoms with Gasteiger partial charge in [-0.15, -0.1) is 0 Å². The van der Waals surface area contributed by atoms with Crippen molar-refractivity contribution in [3.05, 3.63) is 78.7 Å². The van der Waals surface area contributed by atoms with Gasteiger partial charge in [0.1, 0.15) is 28.5 Å². The van der Waals surface area contributed by atoms with E-state index in [1.54, 1.807) is 43.6 Å². The van der Waals surface area contributed by atoms with Crippen LogP contribution in [-0.2, 0) is 14.4 Å². The van der Waals surface area contributed by atoms with E-state index in [2.05, 4.69) is 20.5 Å². The predicted octanol–water partition coefficient (Wildman–Crippen LogP) is 5.83. The number of carboxylic acids is 1. The standard InChI is InChI=1S/C33H31FN4O6/c1-43-29-18-25-26(19-27(29)38-16-11-20(12-17-38)30(39)40)35-15-10-28(25)44-24-8-6-23(7-9-24)37-32(42)33(13-14-33)31(41)36-22-4-2-21(34)3-5-22/h2-10,15,18-20H,11-14,16-17H2,1H3,(H,36,41)(H,37,42)(H,39,40). The van der Waals surface area contributed by atoms with Gasteiger partial charge < -0.3 is 30.1 Å². The number of hydrogen-bond donors (Lipinski definition) is 3. The second kappa shape index (κ2) is 11.8. The summed E-state index contributed by atoms with van der Waals surface area (Å²) in [7, 11) is 1.59. The third kappa shape index (κ3) is 5.85. The second-order valence-electron chi connectivity index (χ2n) is 11.1. The zero-order valence-corrected chi connectivity index (χ0v) is 24.0. The molecule has 1 aliphatic carbocycles. The fourth-order valence-corrected chi connectivity index (χ4v) is 5.45. The van der Waals surface area contributed by atoms with Crippen LogP contribution in [0.4, 0.5) is 21.5 Å². The number of rotatable bonds is 9. The van der Waals surface area contributed by atoms with E-state index in [1.807, 2.05) is 12.1 Å². The van der Waals surface area contributed by atoms with Crippen molar-refractivity contribution in [2.75, 3.05) is 35.7 Å². The highest BCUT2D eigenvalue weighted by atomic mass is 19.1. The van der Waals surface area contributed by atoms with Gasteiger partial charge in [-0.2, -0.15) is 0 Å². The van der Waals surface area contributed by atoms with Crippen LogP contribution in [0.3, 0.4) is 0 Å². The van der Waals surface area contributed by atoms with Crippen LogP contribution in [0.25, 0.3) is 10.9 Å². The van der Waals surface area contributed by atoms with Crippen molar-refractivity contribution < 1.29 is 33.4 Å². The SMILES string of the molecule is COc1cc2c(Oc3ccc(NC(=O)C4(C(=O)Nc5ccc(F)cc5)CC4)cc3)ccnc2cc1N1CCC(C(=O)O)CC1. The normalized spacial score (nSPS) is 15.8. The van der Waals surface area contributed by atoms with E-state index < -0.39 is 29.0 Å². The zero-order valence-electron chi connectivity index (χ0n) is 24.0. The molecule has 226 valence electrons.